The fourth-order valence-corrected chi connectivity index (χ4v) is 4.64. The number of ether oxygens (including phenoxy) is 3. The van der Waals surface area contributed by atoms with Gasteiger partial charge in [0.05, 0.1) is 45.9 Å². The van der Waals surface area contributed by atoms with Crippen molar-refractivity contribution in [1.82, 2.24) is 14.5 Å². The zero-order valence-corrected chi connectivity index (χ0v) is 20.1. The van der Waals surface area contributed by atoms with Gasteiger partial charge in [-0.15, -0.1) is 0 Å². The molecule has 2 aromatic carbocycles. The van der Waals surface area contributed by atoms with Gasteiger partial charge in [0, 0.05) is 24.1 Å². The molecule has 9 heteroatoms. The molecule has 0 amide bonds. The van der Waals surface area contributed by atoms with Crippen molar-refractivity contribution < 1.29 is 19.3 Å². The molecule has 0 aliphatic carbocycles. The van der Waals surface area contributed by atoms with Crippen molar-refractivity contribution in [3.05, 3.63) is 55.0 Å². The number of benzene rings is 2. The van der Waals surface area contributed by atoms with Gasteiger partial charge in [-0.25, -0.2) is 9.97 Å². The number of fused-ring (bicyclic) bond motifs is 1. The molecule has 2 N–H and O–H groups in total. The quantitative estimate of drug-likeness (QED) is 0.393. The molecule has 3 heterocycles. The van der Waals surface area contributed by atoms with E-state index in [2.05, 4.69) is 27.3 Å². The summed E-state index contributed by atoms with van der Waals surface area (Å²) >= 11 is 0. The van der Waals surface area contributed by atoms with Gasteiger partial charge in [-0.2, -0.15) is 0 Å². The maximum atomic E-state index is 9.87. The SMILES string of the molecule is COc1cc(-n2cnc(Nc3cc4ccccc4c(N4CCC[C@H]4CO)n3)c2)cc(OC)c1OC. The van der Waals surface area contributed by atoms with Gasteiger partial charge < -0.3 is 34.1 Å². The number of aromatic nitrogens is 3. The Balaban J connectivity index is 1.48. The molecule has 5 rings (SSSR count). The van der Waals surface area contributed by atoms with Gasteiger partial charge in [-0.05, 0) is 24.3 Å². The first-order valence-electron chi connectivity index (χ1n) is 11.5. The lowest BCUT2D eigenvalue weighted by Crippen LogP contribution is -2.33. The first-order chi connectivity index (χ1) is 17.1. The summed E-state index contributed by atoms with van der Waals surface area (Å²) < 4.78 is 18.2. The van der Waals surface area contributed by atoms with Crippen LogP contribution in [0.4, 0.5) is 17.5 Å². The van der Waals surface area contributed by atoms with Crippen LogP contribution in [0.2, 0.25) is 0 Å². The van der Waals surface area contributed by atoms with Crippen molar-refractivity contribution >= 4 is 28.2 Å². The van der Waals surface area contributed by atoms with Crippen LogP contribution in [0, 0.1) is 0 Å². The minimum Gasteiger partial charge on any atom is -0.493 e. The van der Waals surface area contributed by atoms with Crippen LogP contribution in [-0.2, 0) is 0 Å². The van der Waals surface area contributed by atoms with Crippen molar-refractivity contribution in [2.45, 2.75) is 18.9 Å². The highest BCUT2D eigenvalue weighted by Crippen LogP contribution is 2.39. The van der Waals surface area contributed by atoms with Crippen LogP contribution in [-0.4, -0.2) is 60.2 Å². The van der Waals surface area contributed by atoms with Crippen LogP contribution in [0.25, 0.3) is 16.5 Å². The fourth-order valence-electron chi connectivity index (χ4n) is 4.64. The minimum atomic E-state index is 0.0837. The number of rotatable bonds is 8. The number of aliphatic hydroxyl groups excluding tert-OH is 1. The zero-order valence-electron chi connectivity index (χ0n) is 20.1. The molecular weight excluding hydrogens is 446 g/mol. The lowest BCUT2D eigenvalue weighted by atomic mass is 10.1. The first kappa shape index (κ1) is 22.8. The summed E-state index contributed by atoms with van der Waals surface area (Å²) in [7, 11) is 4.76. The van der Waals surface area contributed by atoms with Crippen molar-refractivity contribution in [1.29, 1.82) is 0 Å². The molecule has 0 bridgehead atoms. The standard InChI is InChI=1S/C26H29N5O4/c1-33-21-12-19(13-22(34-2)25(21)35-3)30-14-24(27-16-30)28-23-11-17-7-4-5-9-20(17)26(29-23)31-10-6-8-18(31)15-32/h4-5,7,9,11-14,16,18,32H,6,8,10,15H2,1-3H3,(H,28,29)/t18-/m0/s1. The Hall–Kier alpha value is -3.98. The number of aliphatic hydroxyl groups is 1. The second-order valence-electron chi connectivity index (χ2n) is 8.40. The van der Waals surface area contributed by atoms with E-state index in [1.165, 1.54) is 0 Å². The number of nitrogens with zero attached hydrogens (tertiary/aromatic N) is 4. The van der Waals surface area contributed by atoms with Crippen LogP contribution >= 0.6 is 0 Å². The molecule has 4 aromatic rings. The van der Waals surface area contributed by atoms with Crippen LogP contribution in [0.5, 0.6) is 17.2 Å². The Bertz CT molecular complexity index is 1310. The Kier molecular flexibility index (Phi) is 6.33. The fraction of sp³-hybridized carbons (Fsp3) is 0.308. The normalized spacial score (nSPS) is 15.4. The second kappa shape index (κ2) is 9.71. The molecule has 0 radical (unpaired) electrons. The van der Waals surface area contributed by atoms with Gasteiger partial charge in [0.2, 0.25) is 5.75 Å². The number of nitrogens with one attached hydrogen (secondary N) is 1. The smallest absolute Gasteiger partial charge is 0.203 e. The molecule has 1 atom stereocenters. The summed E-state index contributed by atoms with van der Waals surface area (Å²) in [6, 6.07) is 14.0. The monoisotopic (exact) mass is 475 g/mol. The summed E-state index contributed by atoms with van der Waals surface area (Å²) in [6.07, 6.45) is 5.60. The van der Waals surface area contributed by atoms with Gasteiger partial charge in [0.25, 0.3) is 0 Å². The Morgan fingerprint density at radius 2 is 1.80 bits per heavy atom. The lowest BCUT2D eigenvalue weighted by Gasteiger charge is -2.26. The topological polar surface area (TPSA) is 93.9 Å². The Morgan fingerprint density at radius 1 is 1.03 bits per heavy atom. The van der Waals surface area contributed by atoms with Crippen LogP contribution < -0.4 is 24.4 Å². The molecule has 1 fully saturated rings. The van der Waals surface area contributed by atoms with E-state index in [-0.39, 0.29) is 12.6 Å². The second-order valence-corrected chi connectivity index (χ2v) is 8.40. The third kappa shape index (κ3) is 4.30. The van der Waals surface area contributed by atoms with Crippen molar-refractivity contribution in [2.75, 3.05) is 44.7 Å². The minimum absolute atomic E-state index is 0.0837. The van der Waals surface area contributed by atoms with E-state index < -0.39 is 0 Å². The third-order valence-corrected chi connectivity index (χ3v) is 6.37. The van der Waals surface area contributed by atoms with E-state index in [4.69, 9.17) is 19.2 Å². The molecule has 182 valence electrons. The van der Waals surface area contributed by atoms with Gasteiger partial charge in [-0.3, -0.25) is 0 Å². The predicted molar refractivity (Wildman–Crippen MR) is 136 cm³/mol. The average Bonchev–Trinajstić information content (AvgIpc) is 3.57. The first-order valence-corrected chi connectivity index (χ1v) is 11.5. The highest BCUT2D eigenvalue weighted by molar-refractivity contribution is 5.94. The molecule has 1 aliphatic rings. The summed E-state index contributed by atoms with van der Waals surface area (Å²) in [5.41, 5.74) is 0.815. The number of anilines is 3. The molecule has 35 heavy (non-hydrogen) atoms. The van der Waals surface area contributed by atoms with Crippen molar-refractivity contribution in [3.8, 4) is 22.9 Å². The number of imidazole rings is 1. The van der Waals surface area contributed by atoms with E-state index in [9.17, 15) is 5.11 Å². The van der Waals surface area contributed by atoms with Gasteiger partial charge in [0.1, 0.15) is 23.8 Å². The number of methoxy groups -OCH3 is 3. The average molecular weight is 476 g/mol. The summed E-state index contributed by atoms with van der Waals surface area (Å²) in [5.74, 6) is 3.88. The highest BCUT2D eigenvalue weighted by atomic mass is 16.5. The van der Waals surface area contributed by atoms with Crippen molar-refractivity contribution in [3.63, 3.8) is 0 Å². The number of pyridine rings is 1. The third-order valence-electron chi connectivity index (χ3n) is 6.37. The summed E-state index contributed by atoms with van der Waals surface area (Å²) in [6.45, 7) is 0.994. The van der Waals surface area contributed by atoms with Gasteiger partial charge >= 0.3 is 0 Å². The van der Waals surface area contributed by atoms with Gasteiger partial charge in [-0.1, -0.05) is 24.3 Å². The number of hydrogen-bond donors (Lipinski definition) is 2. The van der Waals surface area contributed by atoms with Crippen LogP contribution in [0.3, 0.4) is 0 Å². The lowest BCUT2D eigenvalue weighted by molar-refractivity contribution is 0.266. The molecule has 0 spiro atoms. The molecule has 2 aromatic heterocycles. The van der Waals surface area contributed by atoms with Crippen LogP contribution in [0.1, 0.15) is 12.8 Å². The molecule has 9 nitrogen and oxygen atoms in total. The Labute approximate surface area is 203 Å². The molecule has 1 aliphatic heterocycles. The summed E-state index contributed by atoms with van der Waals surface area (Å²) in [5, 5.41) is 15.4. The molecule has 0 unspecified atom stereocenters. The predicted octanol–water partition coefficient (Wildman–Crippen LogP) is 4.15. The maximum Gasteiger partial charge on any atom is 0.203 e. The van der Waals surface area contributed by atoms with E-state index in [1.807, 2.05) is 41.1 Å². The van der Waals surface area contributed by atoms with E-state index in [0.29, 0.717) is 28.9 Å². The van der Waals surface area contributed by atoms with E-state index in [1.54, 1.807) is 27.7 Å². The van der Waals surface area contributed by atoms with Gasteiger partial charge in [0.15, 0.2) is 11.5 Å². The zero-order chi connectivity index (χ0) is 24.4. The maximum absolute atomic E-state index is 9.87. The largest absolute Gasteiger partial charge is 0.493 e. The van der Waals surface area contributed by atoms with Crippen LogP contribution in [0.15, 0.2) is 55.0 Å². The molecular formula is C26H29N5O4. The highest BCUT2D eigenvalue weighted by Gasteiger charge is 2.26. The van der Waals surface area contributed by atoms with Crippen molar-refractivity contribution in [2.24, 2.45) is 0 Å². The number of hydrogen-bond acceptors (Lipinski definition) is 8. The van der Waals surface area contributed by atoms with E-state index in [0.717, 1.165) is 41.7 Å². The Morgan fingerprint density at radius 3 is 2.51 bits per heavy atom. The summed E-state index contributed by atoms with van der Waals surface area (Å²) in [4.78, 5) is 11.7. The molecule has 1 saturated heterocycles. The van der Waals surface area contributed by atoms with E-state index >= 15 is 0 Å². The molecule has 0 saturated carbocycles.